The molecule has 1 saturated heterocycles. The minimum atomic E-state index is -0.818. The number of ether oxygens (including phenoxy) is 2. The summed E-state index contributed by atoms with van der Waals surface area (Å²) >= 11 is 0. The molecule has 0 bridgehead atoms. The lowest BCUT2D eigenvalue weighted by molar-refractivity contribution is -0.247. The van der Waals surface area contributed by atoms with Gasteiger partial charge in [0, 0.05) is 30.6 Å². The van der Waals surface area contributed by atoms with Gasteiger partial charge in [-0.15, -0.1) is 0 Å². The highest BCUT2D eigenvalue weighted by atomic mass is 19.1. The Balaban J connectivity index is 1.49. The second-order valence-electron chi connectivity index (χ2n) is 9.95. The number of halogens is 1. The Morgan fingerprint density at radius 2 is 1.84 bits per heavy atom. The third-order valence-electron chi connectivity index (χ3n) is 9.21. The fourth-order valence-corrected chi connectivity index (χ4v) is 7.93. The van der Waals surface area contributed by atoms with Crippen LogP contribution >= 0.6 is 0 Å². The molecule has 3 nitrogen and oxygen atoms in total. The van der Waals surface area contributed by atoms with Gasteiger partial charge in [-0.25, -0.2) is 4.39 Å². The van der Waals surface area contributed by atoms with Crippen LogP contribution in [0, 0.1) is 34.5 Å². The van der Waals surface area contributed by atoms with E-state index >= 15 is 4.39 Å². The Hall–Kier alpha value is -0.480. The average Bonchev–Trinajstić information content (AvgIpc) is 3.13. The van der Waals surface area contributed by atoms with Gasteiger partial charge in [0.05, 0.1) is 13.2 Å². The molecule has 0 aromatic carbocycles. The first kappa shape index (κ1) is 16.7. The van der Waals surface area contributed by atoms with E-state index in [1.54, 1.807) is 0 Å². The lowest BCUT2D eigenvalue weighted by atomic mass is 9.45. The molecule has 7 unspecified atom stereocenters. The molecule has 5 fully saturated rings. The van der Waals surface area contributed by atoms with Gasteiger partial charge in [-0.05, 0) is 55.3 Å². The third kappa shape index (κ3) is 2.02. The molecule has 0 aromatic heterocycles. The Kier molecular flexibility index (Phi) is 3.52. The van der Waals surface area contributed by atoms with Crippen molar-refractivity contribution in [1.29, 1.82) is 0 Å². The number of Topliss-reactive ketones (excluding diaryl/α,β-unsaturated/α-hetero) is 1. The molecule has 5 aliphatic rings. The first-order chi connectivity index (χ1) is 11.9. The number of carbonyl (C=O) groups excluding carboxylic acids is 1. The van der Waals surface area contributed by atoms with E-state index in [-0.39, 0.29) is 16.7 Å². The van der Waals surface area contributed by atoms with Crippen LogP contribution in [0.15, 0.2) is 0 Å². The highest BCUT2D eigenvalue weighted by molar-refractivity contribution is 5.79. The van der Waals surface area contributed by atoms with Crippen LogP contribution in [-0.2, 0) is 14.3 Å². The van der Waals surface area contributed by atoms with Crippen molar-refractivity contribution in [2.75, 3.05) is 13.2 Å². The van der Waals surface area contributed by atoms with Crippen molar-refractivity contribution in [2.24, 2.45) is 34.5 Å². The largest absolute Gasteiger partial charge is 0.347 e. The van der Waals surface area contributed by atoms with Gasteiger partial charge in [0.2, 0.25) is 0 Å². The molecule has 1 aliphatic heterocycles. The first-order valence-electron chi connectivity index (χ1n) is 10.3. The van der Waals surface area contributed by atoms with E-state index in [0.29, 0.717) is 43.2 Å². The molecule has 5 rings (SSSR count). The van der Waals surface area contributed by atoms with E-state index in [1.165, 1.54) is 0 Å². The predicted molar refractivity (Wildman–Crippen MR) is 91.6 cm³/mol. The maximum Gasteiger partial charge on any atom is 0.176 e. The number of rotatable bonds is 0. The minimum absolute atomic E-state index is 0.0553. The second kappa shape index (κ2) is 5.28. The van der Waals surface area contributed by atoms with E-state index in [2.05, 4.69) is 13.8 Å². The first-order valence-corrected chi connectivity index (χ1v) is 10.3. The van der Waals surface area contributed by atoms with E-state index in [4.69, 9.17) is 9.47 Å². The summed E-state index contributed by atoms with van der Waals surface area (Å²) in [6.45, 7) is 5.85. The Bertz CT molecular complexity index is 586. The van der Waals surface area contributed by atoms with Crippen LogP contribution in [0.3, 0.4) is 0 Å². The minimum Gasteiger partial charge on any atom is -0.347 e. The van der Waals surface area contributed by atoms with Crippen molar-refractivity contribution in [3.05, 3.63) is 0 Å². The summed E-state index contributed by atoms with van der Waals surface area (Å²) in [6, 6.07) is 0. The zero-order valence-electron chi connectivity index (χ0n) is 15.6. The molecule has 1 heterocycles. The van der Waals surface area contributed by atoms with E-state index in [1.807, 2.05) is 0 Å². The molecule has 4 heteroatoms. The topological polar surface area (TPSA) is 35.5 Å². The fraction of sp³-hybridized carbons (Fsp3) is 0.952. The summed E-state index contributed by atoms with van der Waals surface area (Å²) in [6.07, 6.45) is 6.40. The summed E-state index contributed by atoms with van der Waals surface area (Å²) in [7, 11) is 0. The van der Waals surface area contributed by atoms with Gasteiger partial charge in [-0.2, -0.15) is 0 Å². The number of hydrogen-bond donors (Lipinski definition) is 0. The normalized spacial score (nSPS) is 54.2. The summed E-state index contributed by atoms with van der Waals surface area (Å²) in [5, 5.41) is 0. The molecule has 0 amide bonds. The van der Waals surface area contributed by atoms with Crippen LogP contribution in [0.2, 0.25) is 0 Å². The molecular weight excluding hydrogens is 319 g/mol. The molecule has 1 spiro atoms. The summed E-state index contributed by atoms with van der Waals surface area (Å²) in [5.74, 6) is 1.33. The van der Waals surface area contributed by atoms with Gasteiger partial charge in [0.25, 0.3) is 0 Å². The monoisotopic (exact) mass is 350 g/mol. The zero-order chi connectivity index (χ0) is 17.4. The van der Waals surface area contributed by atoms with Crippen molar-refractivity contribution >= 4 is 5.78 Å². The Labute approximate surface area is 150 Å². The molecular formula is C21H31FO3. The maximum absolute atomic E-state index is 15.4. The molecule has 0 aromatic rings. The van der Waals surface area contributed by atoms with Gasteiger partial charge < -0.3 is 9.47 Å². The highest BCUT2D eigenvalue weighted by Gasteiger charge is 2.70. The van der Waals surface area contributed by atoms with E-state index < -0.39 is 12.0 Å². The Morgan fingerprint density at radius 1 is 1.08 bits per heavy atom. The zero-order valence-corrected chi connectivity index (χ0v) is 15.6. The van der Waals surface area contributed by atoms with Gasteiger partial charge in [0.1, 0.15) is 12.0 Å². The lowest BCUT2D eigenvalue weighted by Crippen LogP contribution is -2.57. The molecule has 25 heavy (non-hydrogen) atoms. The summed E-state index contributed by atoms with van der Waals surface area (Å²) in [4.78, 5) is 12.0. The van der Waals surface area contributed by atoms with Crippen molar-refractivity contribution in [2.45, 2.75) is 77.2 Å². The predicted octanol–water partition coefficient (Wildman–Crippen LogP) is 4.29. The molecule has 4 saturated carbocycles. The number of ketones is 1. The quantitative estimate of drug-likeness (QED) is 0.654. The van der Waals surface area contributed by atoms with Crippen molar-refractivity contribution in [3.63, 3.8) is 0 Å². The van der Waals surface area contributed by atoms with Crippen LogP contribution in [0.1, 0.15) is 65.2 Å². The summed E-state index contributed by atoms with van der Waals surface area (Å²) in [5.41, 5.74) is 0.0305. The van der Waals surface area contributed by atoms with Crippen LogP contribution in [-0.4, -0.2) is 31.0 Å². The number of carbonyl (C=O) groups is 1. The van der Waals surface area contributed by atoms with Crippen LogP contribution < -0.4 is 0 Å². The molecule has 4 aliphatic carbocycles. The Morgan fingerprint density at radius 3 is 2.60 bits per heavy atom. The van der Waals surface area contributed by atoms with E-state index in [9.17, 15) is 4.79 Å². The average molecular weight is 350 g/mol. The van der Waals surface area contributed by atoms with Crippen molar-refractivity contribution in [3.8, 4) is 0 Å². The molecule has 7 atom stereocenters. The van der Waals surface area contributed by atoms with Crippen LogP contribution in [0.5, 0.6) is 0 Å². The third-order valence-corrected chi connectivity index (χ3v) is 9.21. The molecule has 0 radical (unpaired) electrons. The fourth-order valence-electron chi connectivity index (χ4n) is 7.93. The second-order valence-corrected chi connectivity index (χ2v) is 9.95. The highest BCUT2D eigenvalue weighted by Crippen LogP contribution is 2.69. The SMILES string of the molecule is CC12CCC(=O)CC1CCC1C2CCC2(C)C1C(F)CC21OCCO1. The van der Waals surface area contributed by atoms with Gasteiger partial charge in [-0.3, -0.25) is 4.79 Å². The van der Waals surface area contributed by atoms with Crippen LogP contribution in [0.4, 0.5) is 4.39 Å². The van der Waals surface area contributed by atoms with Crippen molar-refractivity contribution in [1.82, 2.24) is 0 Å². The molecule has 140 valence electrons. The van der Waals surface area contributed by atoms with Crippen molar-refractivity contribution < 1.29 is 18.7 Å². The van der Waals surface area contributed by atoms with Gasteiger partial charge in [-0.1, -0.05) is 13.8 Å². The standard InChI is InChI=1S/C21H31FO3/c1-19-7-5-14(23)11-13(19)3-4-15-16(19)6-8-20(2)18(15)17(22)12-21(20)24-9-10-25-21/h13,15-18H,3-12H2,1-2H3. The van der Waals surface area contributed by atoms with Gasteiger partial charge in [0.15, 0.2) is 5.79 Å². The van der Waals surface area contributed by atoms with E-state index in [0.717, 1.165) is 44.9 Å². The maximum atomic E-state index is 15.4. The lowest BCUT2D eigenvalue weighted by Gasteiger charge is -2.60. The number of fused-ring (bicyclic) bond motifs is 6. The number of alkyl halides is 1. The van der Waals surface area contributed by atoms with Crippen LogP contribution in [0.25, 0.3) is 0 Å². The van der Waals surface area contributed by atoms with Gasteiger partial charge >= 0.3 is 0 Å². The summed E-state index contributed by atoms with van der Waals surface area (Å²) < 4.78 is 27.5. The smallest absolute Gasteiger partial charge is 0.176 e. The number of hydrogen-bond acceptors (Lipinski definition) is 3. The molecule has 0 N–H and O–H groups in total.